The van der Waals surface area contributed by atoms with E-state index in [-0.39, 0.29) is 12.4 Å². The monoisotopic (exact) mass is 424 g/mol. The average Bonchev–Trinajstić information content (AvgIpc) is 3.15. The number of hydrogen-bond donors (Lipinski definition) is 1. The summed E-state index contributed by atoms with van der Waals surface area (Å²) < 4.78 is 20.9. The molecule has 1 aliphatic heterocycles. The largest absolute Gasteiger partial charge is 0.463 e. The van der Waals surface area contributed by atoms with Crippen molar-refractivity contribution < 1.29 is 13.9 Å². The molecule has 0 bridgehead atoms. The molecule has 1 aromatic heterocycles. The Bertz CT molecular complexity index is 1100. The molecule has 0 saturated heterocycles. The maximum absolute atomic E-state index is 13.9. The zero-order valence-corrected chi connectivity index (χ0v) is 17.4. The molecule has 0 amide bonds. The quantitative estimate of drug-likeness (QED) is 0.462. The van der Waals surface area contributed by atoms with E-state index in [2.05, 4.69) is 15.4 Å². The first-order valence-corrected chi connectivity index (χ1v) is 10.6. The van der Waals surface area contributed by atoms with Gasteiger partial charge >= 0.3 is 5.97 Å². The summed E-state index contributed by atoms with van der Waals surface area (Å²) in [6, 6.07) is 15.8. The van der Waals surface area contributed by atoms with E-state index in [1.807, 2.05) is 37.3 Å². The van der Waals surface area contributed by atoms with Crippen LogP contribution in [0.15, 0.2) is 71.0 Å². The summed E-state index contributed by atoms with van der Waals surface area (Å²) in [6.07, 6.45) is 0. The molecule has 6 nitrogen and oxygen atoms in total. The van der Waals surface area contributed by atoms with Crippen molar-refractivity contribution in [3.63, 3.8) is 0 Å². The van der Waals surface area contributed by atoms with Crippen molar-refractivity contribution in [3.8, 4) is 0 Å². The normalized spacial score (nSPS) is 15.5. The zero-order valence-electron chi connectivity index (χ0n) is 16.6. The predicted octanol–water partition coefficient (Wildman–Crippen LogP) is 4.56. The minimum absolute atomic E-state index is 0.253. The second-order valence-electron chi connectivity index (χ2n) is 6.74. The smallest absolute Gasteiger partial charge is 0.338 e. The minimum atomic E-state index is -0.461. The van der Waals surface area contributed by atoms with Crippen LogP contribution in [0.5, 0.6) is 0 Å². The molecule has 8 heteroatoms. The van der Waals surface area contributed by atoms with Gasteiger partial charge in [0.25, 0.3) is 0 Å². The van der Waals surface area contributed by atoms with Gasteiger partial charge in [-0.1, -0.05) is 60.3 Å². The number of hydrogen-bond acceptors (Lipinski definition) is 6. The van der Waals surface area contributed by atoms with Crippen molar-refractivity contribution in [2.75, 3.05) is 11.9 Å². The molecule has 0 radical (unpaired) electrons. The summed E-state index contributed by atoms with van der Waals surface area (Å²) in [5.41, 5.74) is 2.65. The van der Waals surface area contributed by atoms with Crippen LogP contribution in [0.3, 0.4) is 0 Å². The highest BCUT2D eigenvalue weighted by atomic mass is 32.2. The molecular formula is C22H21FN4O2S. The third-order valence-electron chi connectivity index (χ3n) is 4.76. The summed E-state index contributed by atoms with van der Waals surface area (Å²) in [5, 5.41) is 8.28. The maximum atomic E-state index is 13.9. The molecular weight excluding hydrogens is 403 g/mol. The van der Waals surface area contributed by atoms with Crippen LogP contribution in [0.4, 0.5) is 10.3 Å². The van der Waals surface area contributed by atoms with E-state index in [1.165, 1.54) is 17.8 Å². The van der Waals surface area contributed by atoms with Gasteiger partial charge in [0.05, 0.1) is 12.2 Å². The predicted molar refractivity (Wildman–Crippen MR) is 114 cm³/mol. The highest BCUT2D eigenvalue weighted by molar-refractivity contribution is 7.98. The van der Waals surface area contributed by atoms with Gasteiger partial charge in [-0.15, -0.1) is 5.10 Å². The molecule has 4 rings (SSSR count). The molecule has 1 unspecified atom stereocenters. The van der Waals surface area contributed by atoms with Gasteiger partial charge in [0.1, 0.15) is 11.9 Å². The van der Waals surface area contributed by atoms with E-state index < -0.39 is 12.0 Å². The molecule has 30 heavy (non-hydrogen) atoms. The molecule has 0 spiro atoms. The van der Waals surface area contributed by atoms with Crippen LogP contribution < -0.4 is 5.32 Å². The Labute approximate surface area is 178 Å². The van der Waals surface area contributed by atoms with Crippen LogP contribution in [0.1, 0.15) is 31.0 Å². The van der Waals surface area contributed by atoms with Gasteiger partial charge in [-0.25, -0.2) is 13.9 Å². The van der Waals surface area contributed by atoms with E-state index in [0.29, 0.717) is 33.7 Å². The van der Waals surface area contributed by atoms with E-state index in [4.69, 9.17) is 4.74 Å². The Morgan fingerprint density at radius 3 is 2.67 bits per heavy atom. The lowest BCUT2D eigenvalue weighted by Crippen LogP contribution is -2.29. The van der Waals surface area contributed by atoms with Crippen molar-refractivity contribution >= 4 is 23.7 Å². The number of aromatic nitrogens is 3. The standard InChI is InChI=1S/C22H21FN4O2S/c1-3-29-20(28)18-14(2)24-21-25-22(30-13-16-11-7-8-12-17(16)23)26-27(21)19(18)15-9-5-4-6-10-15/h4-12,19H,3,13H2,1-2H3,(H,24,25,26). The SMILES string of the molecule is CCOC(=O)C1=C(C)Nc2nc(SCc3ccccc3F)nn2C1c1ccccc1. The fraction of sp³-hybridized carbons (Fsp3) is 0.227. The lowest BCUT2D eigenvalue weighted by Gasteiger charge is -2.28. The molecule has 1 N–H and O–H groups in total. The molecule has 1 aliphatic rings. The molecule has 0 aliphatic carbocycles. The van der Waals surface area contributed by atoms with Gasteiger partial charge in [0, 0.05) is 11.4 Å². The number of rotatable bonds is 6. The first kappa shape index (κ1) is 20.2. The zero-order chi connectivity index (χ0) is 21.1. The molecule has 2 heterocycles. The van der Waals surface area contributed by atoms with Gasteiger partial charge in [0.15, 0.2) is 0 Å². The summed E-state index contributed by atoms with van der Waals surface area (Å²) in [6.45, 7) is 3.89. The number of thioether (sulfide) groups is 1. The summed E-state index contributed by atoms with van der Waals surface area (Å²) in [5.74, 6) is 0.295. The number of esters is 1. The van der Waals surface area contributed by atoms with Crippen molar-refractivity contribution in [2.45, 2.75) is 30.8 Å². The van der Waals surface area contributed by atoms with Gasteiger partial charge in [-0.05, 0) is 31.0 Å². The van der Waals surface area contributed by atoms with Crippen LogP contribution in [-0.4, -0.2) is 27.3 Å². The van der Waals surface area contributed by atoms with E-state index in [1.54, 1.807) is 29.8 Å². The summed E-state index contributed by atoms with van der Waals surface area (Å²) in [4.78, 5) is 17.3. The molecule has 2 aromatic carbocycles. The van der Waals surface area contributed by atoms with Gasteiger partial charge in [0.2, 0.25) is 11.1 Å². The van der Waals surface area contributed by atoms with Gasteiger partial charge < -0.3 is 10.1 Å². The topological polar surface area (TPSA) is 69.0 Å². The van der Waals surface area contributed by atoms with Gasteiger partial charge in [-0.2, -0.15) is 4.98 Å². The number of carbonyl (C=O) groups is 1. The average molecular weight is 425 g/mol. The van der Waals surface area contributed by atoms with Gasteiger partial charge in [-0.3, -0.25) is 0 Å². The number of halogens is 1. The number of carbonyl (C=O) groups excluding carboxylic acids is 1. The second kappa shape index (κ2) is 8.71. The Morgan fingerprint density at radius 2 is 1.93 bits per heavy atom. The Balaban J connectivity index is 1.68. The highest BCUT2D eigenvalue weighted by Crippen LogP contribution is 2.37. The second-order valence-corrected chi connectivity index (χ2v) is 7.68. The Hall–Kier alpha value is -3.13. The summed E-state index contributed by atoms with van der Waals surface area (Å²) >= 11 is 1.34. The molecule has 1 atom stereocenters. The molecule has 3 aromatic rings. The van der Waals surface area contributed by atoms with Crippen molar-refractivity contribution in [1.82, 2.24) is 14.8 Å². The third kappa shape index (κ3) is 3.95. The van der Waals surface area contributed by atoms with E-state index >= 15 is 0 Å². The minimum Gasteiger partial charge on any atom is -0.463 e. The number of nitrogens with one attached hydrogen (secondary N) is 1. The van der Waals surface area contributed by atoms with Crippen molar-refractivity contribution in [3.05, 3.63) is 82.8 Å². The fourth-order valence-corrected chi connectivity index (χ4v) is 4.18. The van der Waals surface area contributed by atoms with Crippen LogP contribution in [0, 0.1) is 5.82 Å². The van der Waals surface area contributed by atoms with Crippen LogP contribution in [0.25, 0.3) is 0 Å². The number of ether oxygens (including phenoxy) is 1. The lowest BCUT2D eigenvalue weighted by molar-refractivity contribution is -0.139. The molecule has 0 fully saturated rings. The highest BCUT2D eigenvalue weighted by Gasteiger charge is 2.35. The Kier molecular flexibility index (Phi) is 5.85. The third-order valence-corrected chi connectivity index (χ3v) is 5.64. The van der Waals surface area contributed by atoms with Crippen LogP contribution >= 0.6 is 11.8 Å². The Morgan fingerprint density at radius 1 is 1.20 bits per heavy atom. The summed E-state index contributed by atoms with van der Waals surface area (Å²) in [7, 11) is 0. The van der Waals surface area contributed by atoms with Crippen LogP contribution in [-0.2, 0) is 15.3 Å². The molecule has 0 saturated carbocycles. The number of benzene rings is 2. The number of fused-ring (bicyclic) bond motifs is 1. The van der Waals surface area contributed by atoms with E-state index in [9.17, 15) is 9.18 Å². The fourth-order valence-electron chi connectivity index (χ4n) is 3.37. The number of allylic oxidation sites excluding steroid dienone is 1. The maximum Gasteiger partial charge on any atom is 0.338 e. The van der Waals surface area contributed by atoms with Crippen LogP contribution in [0.2, 0.25) is 0 Å². The number of anilines is 1. The number of nitrogens with zero attached hydrogens (tertiary/aromatic N) is 3. The molecule has 154 valence electrons. The lowest BCUT2D eigenvalue weighted by atomic mass is 9.96. The van der Waals surface area contributed by atoms with Crippen molar-refractivity contribution in [1.29, 1.82) is 0 Å². The van der Waals surface area contributed by atoms with E-state index in [0.717, 1.165) is 5.56 Å². The first-order valence-electron chi connectivity index (χ1n) is 9.61. The van der Waals surface area contributed by atoms with Crippen molar-refractivity contribution in [2.24, 2.45) is 0 Å². The first-order chi connectivity index (χ1) is 14.6.